The van der Waals surface area contributed by atoms with Crippen molar-refractivity contribution in [1.29, 1.82) is 0 Å². The molecule has 0 aromatic rings. The van der Waals surface area contributed by atoms with Gasteiger partial charge >= 0.3 is 5.97 Å². The van der Waals surface area contributed by atoms with Crippen molar-refractivity contribution in [2.75, 3.05) is 26.9 Å². The van der Waals surface area contributed by atoms with Gasteiger partial charge < -0.3 is 24.6 Å². The van der Waals surface area contributed by atoms with Crippen LogP contribution < -0.4 is 5.32 Å². The third-order valence-electron chi connectivity index (χ3n) is 3.67. The van der Waals surface area contributed by atoms with Crippen molar-refractivity contribution >= 4 is 11.9 Å². The van der Waals surface area contributed by atoms with E-state index in [2.05, 4.69) is 5.32 Å². The lowest BCUT2D eigenvalue weighted by atomic mass is 10.0. The highest BCUT2D eigenvalue weighted by atomic mass is 16.6. The number of hydrogen-bond acceptors (Lipinski definition) is 5. The standard InChI is InChI=1S/C12H19NO6/c1-17-12(4-5-18-7-12)6-13-10(14)8-2-3-9(19-8)11(15)16/h8-9H,2-7H2,1H3,(H,13,14)(H,15,16)/t8-,9+,12?/m0/s1. The molecule has 19 heavy (non-hydrogen) atoms. The molecule has 0 aromatic carbocycles. The van der Waals surface area contributed by atoms with E-state index in [9.17, 15) is 9.59 Å². The van der Waals surface area contributed by atoms with Gasteiger partial charge in [-0.2, -0.15) is 0 Å². The number of aliphatic carboxylic acids is 1. The van der Waals surface area contributed by atoms with Gasteiger partial charge in [0.15, 0.2) is 6.10 Å². The zero-order valence-electron chi connectivity index (χ0n) is 10.9. The van der Waals surface area contributed by atoms with Crippen molar-refractivity contribution in [3.63, 3.8) is 0 Å². The number of rotatable bonds is 5. The third-order valence-corrected chi connectivity index (χ3v) is 3.67. The Hall–Kier alpha value is -1.18. The van der Waals surface area contributed by atoms with Crippen LogP contribution >= 0.6 is 0 Å². The second-order valence-electron chi connectivity index (χ2n) is 4.94. The summed E-state index contributed by atoms with van der Waals surface area (Å²) < 4.78 is 15.9. The van der Waals surface area contributed by atoms with Gasteiger partial charge in [0.25, 0.3) is 0 Å². The molecule has 2 saturated heterocycles. The average molecular weight is 273 g/mol. The Morgan fingerprint density at radius 3 is 2.68 bits per heavy atom. The average Bonchev–Trinajstić information content (AvgIpc) is 3.06. The van der Waals surface area contributed by atoms with Crippen molar-refractivity contribution in [3.05, 3.63) is 0 Å². The summed E-state index contributed by atoms with van der Waals surface area (Å²) in [7, 11) is 1.59. The van der Waals surface area contributed by atoms with Crippen LogP contribution in [0.15, 0.2) is 0 Å². The molecule has 2 aliphatic rings. The van der Waals surface area contributed by atoms with E-state index in [1.54, 1.807) is 7.11 Å². The van der Waals surface area contributed by atoms with Gasteiger partial charge in [-0.1, -0.05) is 0 Å². The summed E-state index contributed by atoms with van der Waals surface area (Å²) in [4.78, 5) is 22.6. The Labute approximate surface area is 111 Å². The van der Waals surface area contributed by atoms with Crippen LogP contribution in [-0.2, 0) is 23.8 Å². The first-order valence-electron chi connectivity index (χ1n) is 6.35. The maximum absolute atomic E-state index is 11.9. The molecule has 2 fully saturated rings. The first kappa shape index (κ1) is 14.2. The van der Waals surface area contributed by atoms with Crippen LogP contribution in [0.4, 0.5) is 0 Å². The zero-order chi connectivity index (χ0) is 13.9. The van der Waals surface area contributed by atoms with Gasteiger partial charge in [-0.05, 0) is 12.8 Å². The molecule has 0 aromatic heterocycles. The predicted octanol–water partition coefficient (Wildman–Crippen LogP) is -0.460. The van der Waals surface area contributed by atoms with Gasteiger partial charge in [-0.25, -0.2) is 4.79 Å². The molecule has 0 saturated carbocycles. The Bertz CT molecular complexity index is 352. The monoisotopic (exact) mass is 273 g/mol. The van der Waals surface area contributed by atoms with Crippen molar-refractivity contribution in [2.45, 2.75) is 37.1 Å². The molecule has 1 amide bonds. The normalized spacial score (nSPS) is 34.4. The van der Waals surface area contributed by atoms with Crippen LogP contribution in [0.5, 0.6) is 0 Å². The molecule has 0 spiro atoms. The minimum Gasteiger partial charge on any atom is -0.479 e. The molecule has 0 radical (unpaired) electrons. The second kappa shape index (κ2) is 5.85. The molecule has 2 N–H and O–H groups in total. The number of carbonyl (C=O) groups excluding carboxylic acids is 1. The van der Waals surface area contributed by atoms with Crippen LogP contribution in [0.2, 0.25) is 0 Å². The Balaban J connectivity index is 1.80. The minimum absolute atomic E-state index is 0.285. The number of ether oxygens (including phenoxy) is 3. The van der Waals surface area contributed by atoms with Gasteiger partial charge in [0.2, 0.25) is 5.91 Å². The predicted molar refractivity (Wildman–Crippen MR) is 63.7 cm³/mol. The van der Waals surface area contributed by atoms with E-state index >= 15 is 0 Å². The number of carbonyl (C=O) groups is 2. The number of amides is 1. The highest BCUT2D eigenvalue weighted by Gasteiger charge is 2.38. The lowest BCUT2D eigenvalue weighted by Crippen LogP contribution is -2.47. The lowest BCUT2D eigenvalue weighted by molar-refractivity contribution is -0.152. The van der Waals surface area contributed by atoms with Gasteiger partial charge in [0.05, 0.1) is 6.61 Å². The van der Waals surface area contributed by atoms with E-state index in [-0.39, 0.29) is 5.91 Å². The fourth-order valence-corrected chi connectivity index (χ4v) is 2.33. The van der Waals surface area contributed by atoms with E-state index in [0.29, 0.717) is 32.6 Å². The molecule has 2 rings (SSSR count). The van der Waals surface area contributed by atoms with Crippen molar-refractivity contribution in [3.8, 4) is 0 Å². The minimum atomic E-state index is -1.02. The summed E-state index contributed by atoms with van der Waals surface area (Å²) in [6.45, 7) is 1.41. The number of hydrogen-bond donors (Lipinski definition) is 2. The molecule has 1 unspecified atom stereocenters. The summed E-state index contributed by atoms with van der Waals surface area (Å²) >= 11 is 0. The lowest BCUT2D eigenvalue weighted by Gasteiger charge is -2.26. The SMILES string of the molecule is COC1(CNC(=O)[C@@H]2CC[C@H](C(=O)O)O2)CCOC1. The quantitative estimate of drug-likeness (QED) is 0.704. The van der Waals surface area contributed by atoms with Crippen LogP contribution in [0, 0.1) is 0 Å². The molecule has 2 heterocycles. The van der Waals surface area contributed by atoms with E-state index in [1.165, 1.54) is 0 Å². The third kappa shape index (κ3) is 3.23. The number of nitrogens with one attached hydrogen (secondary N) is 1. The van der Waals surface area contributed by atoms with E-state index in [1.807, 2.05) is 0 Å². The smallest absolute Gasteiger partial charge is 0.332 e. The maximum Gasteiger partial charge on any atom is 0.332 e. The van der Waals surface area contributed by atoms with Crippen molar-refractivity contribution < 1.29 is 28.9 Å². The van der Waals surface area contributed by atoms with Crippen LogP contribution in [0.3, 0.4) is 0 Å². The topological polar surface area (TPSA) is 94.1 Å². The van der Waals surface area contributed by atoms with Gasteiger partial charge in [0.1, 0.15) is 11.7 Å². The molecule has 7 nitrogen and oxygen atoms in total. The molecule has 2 aliphatic heterocycles. The summed E-state index contributed by atoms with van der Waals surface area (Å²) in [6.07, 6.45) is -0.0301. The molecule has 3 atom stereocenters. The van der Waals surface area contributed by atoms with Crippen molar-refractivity contribution in [1.82, 2.24) is 5.32 Å². The van der Waals surface area contributed by atoms with Crippen LogP contribution in [0.25, 0.3) is 0 Å². The summed E-state index contributed by atoms with van der Waals surface area (Å²) in [5.74, 6) is -1.31. The molecule has 0 bridgehead atoms. The molecular weight excluding hydrogens is 254 g/mol. The zero-order valence-corrected chi connectivity index (χ0v) is 10.9. The Kier molecular flexibility index (Phi) is 4.38. The first-order chi connectivity index (χ1) is 9.06. The first-order valence-corrected chi connectivity index (χ1v) is 6.35. The summed E-state index contributed by atoms with van der Waals surface area (Å²) in [5.41, 5.74) is -0.472. The largest absolute Gasteiger partial charge is 0.479 e. The summed E-state index contributed by atoms with van der Waals surface area (Å²) in [5, 5.41) is 11.6. The molecular formula is C12H19NO6. The number of methoxy groups -OCH3 is 1. The van der Waals surface area contributed by atoms with E-state index in [4.69, 9.17) is 19.3 Å². The second-order valence-corrected chi connectivity index (χ2v) is 4.94. The number of carboxylic acid groups (broad SMARTS) is 1. The molecule has 0 aliphatic carbocycles. The van der Waals surface area contributed by atoms with Crippen LogP contribution in [-0.4, -0.2) is 61.7 Å². The van der Waals surface area contributed by atoms with Gasteiger partial charge in [-0.3, -0.25) is 4.79 Å². The van der Waals surface area contributed by atoms with Crippen LogP contribution in [0.1, 0.15) is 19.3 Å². The molecule has 108 valence electrons. The Morgan fingerprint density at radius 2 is 2.16 bits per heavy atom. The van der Waals surface area contributed by atoms with E-state index < -0.39 is 23.8 Å². The molecule has 7 heteroatoms. The van der Waals surface area contributed by atoms with E-state index in [0.717, 1.165) is 6.42 Å². The maximum atomic E-state index is 11.9. The van der Waals surface area contributed by atoms with Gasteiger partial charge in [0, 0.05) is 26.7 Å². The fraction of sp³-hybridized carbons (Fsp3) is 0.833. The van der Waals surface area contributed by atoms with Gasteiger partial charge in [-0.15, -0.1) is 0 Å². The fourth-order valence-electron chi connectivity index (χ4n) is 2.33. The summed E-state index contributed by atoms with van der Waals surface area (Å²) in [6, 6.07) is 0. The Morgan fingerprint density at radius 1 is 1.42 bits per heavy atom. The number of carboxylic acids is 1. The van der Waals surface area contributed by atoms with Crippen molar-refractivity contribution in [2.24, 2.45) is 0 Å². The highest BCUT2D eigenvalue weighted by Crippen LogP contribution is 2.23. The highest BCUT2D eigenvalue weighted by molar-refractivity contribution is 5.82.